The lowest BCUT2D eigenvalue weighted by Gasteiger charge is -2.25. The van der Waals surface area contributed by atoms with E-state index in [9.17, 15) is 4.79 Å². The van der Waals surface area contributed by atoms with Crippen LogP contribution in [0.5, 0.6) is 0 Å². The minimum atomic E-state index is -0.249. The highest BCUT2D eigenvalue weighted by atomic mass is 16.2. The minimum Gasteiger partial charge on any atom is -0.340 e. The molecule has 0 aromatic carbocycles. The number of aromatic nitrogens is 4. The number of nitrogens with zero attached hydrogens (tertiary/aromatic N) is 6. The largest absolute Gasteiger partial charge is 0.340 e. The Balaban J connectivity index is 1.58. The zero-order valence-electron chi connectivity index (χ0n) is 15.4. The van der Waals surface area contributed by atoms with Crippen LogP contribution in [0.15, 0.2) is 30.9 Å². The van der Waals surface area contributed by atoms with Gasteiger partial charge in [0.1, 0.15) is 11.9 Å². The van der Waals surface area contributed by atoms with Crippen LogP contribution in [0.4, 0.5) is 0 Å². The molecule has 1 aliphatic heterocycles. The number of amides is 1. The Morgan fingerprint density at radius 2 is 1.96 bits per heavy atom. The number of carbonyl (C=O) groups is 1. The van der Waals surface area contributed by atoms with Gasteiger partial charge in [-0.05, 0) is 33.3 Å². The fourth-order valence-corrected chi connectivity index (χ4v) is 3.37. The van der Waals surface area contributed by atoms with Gasteiger partial charge in [0, 0.05) is 57.0 Å². The normalized spacial score (nSPS) is 17.7. The van der Waals surface area contributed by atoms with Crippen molar-refractivity contribution in [3.63, 3.8) is 0 Å². The zero-order valence-corrected chi connectivity index (χ0v) is 15.4. The quantitative estimate of drug-likeness (QED) is 0.832. The molecule has 25 heavy (non-hydrogen) atoms. The highest BCUT2D eigenvalue weighted by Crippen LogP contribution is 2.15. The second-order valence-corrected chi connectivity index (χ2v) is 6.96. The molecule has 1 fully saturated rings. The standard InChI is InChI=1S/C18H28N6O/c1-15(2)23-11-7-19-17(23)14-21-8-5-9-22(13-12-21)18(25)16(3)24-10-4-6-20-24/h4,6-7,10-11,15-16H,5,8-9,12-14H2,1-3H3/t16-/m0/s1. The predicted molar refractivity (Wildman–Crippen MR) is 96.0 cm³/mol. The number of imidazole rings is 1. The third-order valence-corrected chi connectivity index (χ3v) is 4.85. The van der Waals surface area contributed by atoms with E-state index in [4.69, 9.17) is 0 Å². The molecular weight excluding hydrogens is 316 g/mol. The summed E-state index contributed by atoms with van der Waals surface area (Å²) in [5.74, 6) is 1.24. The third-order valence-electron chi connectivity index (χ3n) is 4.85. The maximum atomic E-state index is 12.7. The van der Waals surface area contributed by atoms with Crippen molar-refractivity contribution in [2.75, 3.05) is 26.2 Å². The van der Waals surface area contributed by atoms with Crippen molar-refractivity contribution in [1.82, 2.24) is 29.1 Å². The molecule has 7 heteroatoms. The Hall–Kier alpha value is -2.15. The zero-order chi connectivity index (χ0) is 17.8. The van der Waals surface area contributed by atoms with Gasteiger partial charge in [0.15, 0.2) is 0 Å². The first-order valence-electron chi connectivity index (χ1n) is 9.08. The van der Waals surface area contributed by atoms with Crippen LogP contribution in [0.3, 0.4) is 0 Å². The molecular formula is C18H28N6O. The average Bonchev–Trinajstić information content (AvgIpc) is 3.23. The van der Waals surface area contributed by atoms with E-state index in [1.165, 1.54) is 0 Å². The van der Waals surface area contributed by atoms with Crippen LogP contribution in [0, 0.1) is 0 Å². The summed E-state index contributed by atoms with van der Waals surface area (Å²) in [6.45, 7) is 10.5. The van der Waals surface area contributed by atoms with Gasteiger partial charge >= 0.3 is 0 Å². The molecule has 0 spiro atoms. The molecule has 0 bridgehead atoms. The molecule has 0 aliphatic carbocycles. The van der Waals surface area contributed by atoms with E-state index in [0.29, 0.717) is 6.04 Å². The Morgan fingerprint density at radius 3 is 2.68 bits per heavy atom. The third kappa shape index (κ3) is 4.10. The van der Waals surface area contributed by atoms with Gasteiger partial charge in [-0.1, -0.05) is 0 Å². The molecule has 0 N–H and O–H groups in total. The maximum Gasteiger partial charge on any atom is 0.247 e. The first kappa shape index (κ1) is 17.7. The van der Waals surface area contributed by atoms with Gasteiger partial charge in [0.25, 0.3) is 0 Å². The van der Waals surface area contributed by atoms with Crippen LogP contribution in [0.1, 0.15) is 45.1 Å². The van der Waals surface area contributed by atoms with E-state index in [1.54, 1.807) is 10.9 Å². The van der Waals surface area contributed by atoms with Crippen molar-refractivity contribution in [3.8, 4) is 0 Å². The molecule has 1 saturated heterocycles. The van der Waals surface area contributed by atoms with Crippen LogP contribution < -0.4 is 0 Å². The van der Waals surface area contributed by atoms with E-state index in [-0.39, 0.29) is 11.9 Å². The van der Waals surface area contributed by atoms with Crippen LogP contribution in [0.2, 0.25) is 0 Å². The van der Waals surface area contributed by atoms with Gasteiger partial charge in [-0.3, -0.25) is 14.4 Å². The molecule has 2 aromatic rings. The van der Waals surface area contributed by atoms with E-state index in [0.717, 1.165) is 45.0 Å². The molecule has 0 radical (unpaired) electrons. The SMILES string of the molecule is CC(C)n1ccnc1CN1CCCN(C(=O)[C@H](C)n2cccn2)CC1. The van der Waals surface area contributed by atoms with Crippen LogP contribution in [-0.2, 0) is 11.3 Å². The summed E-state index contributed by atoms with van der Waals surface area (Å²) < 4.78 is 3.94. The summed E-state index contributed by atoms with van der Waals surface area (Å²) in [6.07, 6.45) is 8.46. The lowest BCUT2D eigenvalue weighted by atomic mass is 10.2. The average molecular weight is 344 g/mol. The van der Waals surface area contributed by atoms with Gasteiger partial charge in [-0.25, -0.2) is 4.98 Å². The van der Waals surface area contributed by atoms with Crippen molar-refractivity contribution in [1.29, 1.82) is 0 Å². The van der Waals surface area contributed by atoms with E-state index in [2.05, 4.69) is 33.4 Å². The fourth-order valence-electron chi connectivity index (χ4n) is 3.37. The molecule has 2 aromatic heterocycles. The number of carbonyl (C=O) groups excluding carboxylic acids is 1. The number of hydrogen-bond acceptors (Lipinski definition) is 4. The highest BCUT2D eigenvalue weighted by Gasteiger charge is 2.25. The van der Waals surface area contributed by atoms with Crippen LogP contribution >= 0.6 is 0 Å². The Labute approximate surface area is 149 Å². The Kier molecular flexibility index (Phi) is 5.53. The molecule has 1 atom stereocenters. The summed E-state index contributed by atoms with van der Waals surface area (Å²) in [4.78, 5) is 21.6. The van der Waals surface area contributed by atoms with Gasteiger partial charge in [-0.2, -0.15) is 5.10 Å². The maximum absolute atomic E-state index is 12.7. The second-order valence-electron chi connectivity index (χ2n) is 6.96. The number of rotatable bonds is 5. The molecule has 3 heterocycles. The van der Waals surface area contributed by atoms with Crippen molar-refractivity contribution in [3.05, 3.63) is 36.7 Å². The Morgan fingerprint density at radius 1 is 1.12 bits per heavy atom. The summed E-state index contributed by atoms with van der Waals surface area (Å²) in [6, 6.07) is 2.02. The summed E-state index contributed by atoms with van der Waals surface area (Å²) in [7, 11) is 0. The molecule has 0 saturated carbocycles. The second kappa shape index (κ2) is 7.82. The number of hydrogen-bond donors (Lipinski definition) is 0. The van der Waals surface area contributed by atoms with Crippen molar-refractivity contribution >= 4 is 5.91 Å². The molecule has 1 amide bonds. The topological polar surface area (TPSA) is 59.2 Å². The fraction of sp³-hybridized carbons (Fsp3) is 0.611. The summed E-state index contributed by atoms with van der Waals surface area (Å²) in [5.41, 5.74) is 0. The van der Waals surface area contributed by atoms with E-state index in [1.807, 2.05) is 36.5 Å². The van der Waals surface area contributed by atoms with E-state index < -0.39 is 0 Å². The summed E-state index contributed by atoms with van der Waals surface area (Å²) >= 11 is 0. The monoisotopic (exact) mass is 344 g/mol. The van der Waals surface area contributed by atoms with Gasteiger partial charge in [0.05, 0.1) is 6.54 Å². The van der Waals surface area contributed by atoms with Gasteiger partial charge in [0.2, 0.25) is 5.91 Å². The van der Waals surface area contributed by atoms with Crippen molar-refractivity contribution in [2.45, 2.75) is 45.8 Å². The van der Waals surface area contributed by atoms with Crippen molar-refractivity contribution < 1.29 is 4.79 Å². The smallest absolute Gasteiger partial charge is 0.247 e. The first-order chi connectivity index (χ1) is 12.1. The lowest BCUT2D eigenvalue weighted by Crippen LogP contribution is -2.39. The summed E-state index contributed by atoms with van der Waals surface area (Å²) in [5, 5.41) is 4.19. The van der Waals surface area contributed by atoms with Crippen LogP contribution in [0.25, 0.3) is 0 Å². The molecule has 3 rings (SSSR count). The highest BCUT2D eigenvalue weighted by molar-refractivity contribution is 5.80. The molecule has 7 nitrogen and oxygen atoms in total. The van der Waals surface area contributed by atoms with Gasteiger partial charge in [-0.15, -0.1) is 0 Å². The predicted octanol–water partition coefficient (Wildman–Crippen LogP) is 1.96. The minimum absolute atomic E-state index is 0.147. The van der Waals surface area contributed by atoms with E-state index >= 15 is 0 Å². The first-order valence-corrected chi connectivity index (χ1v) is 9.08. The molecule has 0 unspecified atom stereocenters. The Bertz CT molecular complexity index is 678. The molecule has 1 aliphatic rings. The molecule has 136 valence electrons. The van der Waals surface area contributed by atoms with Crippen LogP contribution in [-0.4, -0.2) is 61.2 Å². The van der Waals surface area contributed by atoms with Crippen molar-refractivity contribution in [2.24, 2.45) is 0 Å². The van der Waals surface area contributed by atoms with Gasteiger partial charge < -0.3 is 9.47 Å². The lowest BCUT2D eigenvalue weighted by molar-refractivity contribution is -0.134.